The predicted molar refractivity (Wildman–Crippen MR) is 84.6 cm³/mol. The van der Waals surface area contributed by atoms with Gasteiger partial charge in [0.2, 0.25) is 0 Å². The summed E-state index contributed by atoms with van der Waals surface area (Å²) in [4.78, 5) is 18.0. The van der Waals surface area contributed by atoms with Gasteiger partial charge in [0, 0.05) is 24.3 Å². The summed E-state index contributed by atoms with van der Waals surface area (Å²) in [5, 5.41) is 0. The number of anilines is 2. The topological polar surface area (TPSA) is 92.9 Å². The second-order valence-corrected chi connectivity index (χ2v) is 5.19. The van der Waals surface area contributed by atoms with E-state index in [9.17, 15) is 0 Å². The molecule has 3 aromatic rings. The van der Waals surface area contributed by atoms with Crippen molar-refractivity contribution >= 4 is 22.8 Å². The highest BCUT2D eigenvalue weighted by Gasteiger charge is 2.14. The number of benzene rings is 1. The second-order valence-electron chi connectivity index (χ2n) is 5.19. The van der Waals surface area contributed by atoms with E-state index in [0.29, 0.717) is 11.6 Å². The highest BCUT2D eigenvalue weighted by Crippen LogP contribution is 2.28. The molecule has 0 bridgehead atoms. The number of nitrogens with one attached hydrogen (secondary N) is 1. The maximum atomic E-state index is 5.73. The molecule has 3 heterocycles. The quantitative estimate of drug-likeness (QED) is 0.743. The molecule has 1 fully saturated rings. The first-order chi connectivity index (χ1) is 10.8. The lowest BCUT2D eigenvalue weighted by molar-refractivity contribution is 0.122. The molecular weight excluding hydrogens is 280 g/mol. The van der Waals surface area contributed by atoms with Crippen molar-refractivity contribution in [3.05, 3.63) is 30.6 Å². The fourth-order valence-electron chi connectivity index (χ4n) is 2.74. The number of hydrogen-bond acceptors (Lipinski definition) is 6. The van der Waals surface area contributed by atoms with Crippen molar-refractivity contribution in [1.82, 2.24) is 19.9 Å². The van der Waals surface area contributed by atoms with Gasteiger partial charge in [-0.1, -0.05) is 12.1 Å². The number of nitrogens with two attached hydrogens (primary N) is 1. The second kappa shape index (κ2) is 5.27. The van der Waals surface area contributed by atoms with Gasteiger partial charge in [-0.05, 0) is 12.1 Å². The molecule has 0 amide bonds. The molecule has 0 saturated carbocycles. The molecule has 4 rings (SSSR count). The molecule has 0 aliphatic carbocycles. The Morgan fingerprint density at radius 3 is 2.91 bits per heavy atom. The number of aromatic amines is 1. The van der Waals surface area contributed by atoms with E-state index in [2.05, 4.69) is 37.0 Å². The average Bonchev–Trinajstić information content (AvgIpc) is 2.96. The van der Waals surface area contributed by atoms with Crippen LogP contribution in [-0.4, -0.2) is 46.2 Å². The summed E-state index contributed by atoms with van der Waals surface area (Å²) in [5.74, 6) is 0.348. The van der Waals surface area contributed by atoms with Gasteiger partial charge in [0.05, 0.1) is 18.9 Å². The average molecular weight is 296 g/mol. The number of H-pyrrole nitrogens is 1. The summed E-state index contributed by atoms with van der Waals surface area (Å²) in [6.45, 7) is 3.33. The minimum Gasteiger partial charge on any atom is -0.378 e. The van der Waals surface area contributed by atoms with E-state index in [0.717, 1.165) is 43.1 Å². The zero-order valence-electron chi connectivity index (χ0n) is 12.0. The molecule has 1 aliphatic heterocycles. The monoisotopic (exact) mass is 296 g/mol. The van der Waals surface area contributed by atoms with Gasteiger partial charge in [0.1, 0.15) is 11.8 Å². The molecule has 7 heteroatoms. The zero-order chi connectivity index (χ0) is 14.9. The Labute approximate surface area is 127 Å². The first kappa shape index (κ1) is 13.0. The van der Waals surface area contributed by atoms with Crippen molar-refractivity contribution in [2.45, 2.75) is 0 Å². The molecule has 0 spiro atoms. The number of nitrogens with zero attached hydrogens (tertiary/aromatic N) is 4. The summed E-state index contributed by atoms with van der Waals surface area (Å²) in [6, 6.07) is 8.30. The number of ether oxygens (including phenoxy) is 1. The minimum absolute atomic E-state index is 0.348. The van der Waals surface area contributed by atoms with Gasteiger partial charge in [-0.3, -0.25) is 0 Å². The molecule has 112 valence electrons. The van der Waals surface area contributed by atoms with Crippen molar-refractivity contribution in [3.8, 4) is 11.3 Å². The van der Waals surface area contributed by atoms with Crippen molar-refractivity contribution in [3.63, 3.8) is 0 Å². The molecule has 22 heavy (non-hydrogen) atoms. The molecule has 7 nitrogen and oxygen atoms in total. The normalized spacial score (nSPS) is 15.4. The number of aromatic nitrogens is 4. The number of imidazole rings is 1. The van der Waals surface area contributed by atoms with Gasteiger partial charge in [-0.2, -0.15) is 4.98 Å². The zero-order valence-corrected chi connectivity index (χ0v) is 12.0. The number of hydrogen-bond donors (Lipinski definition) is 2. The maximum absolute atomic E-state index is 5.73. The molecule has 0 atom stereocenters. The summed E-state index contributed by atoms with van der Waals surface area (Å²) >= 11 is 0. The molecule has 0 radical (unpaired) electrons. The van der Waals surface area contributed by atoms with Crippen LogP contribution in [0.2, 0.25) is 0 Å². The van der Waals surface area contributed by atoms with Crippen LogP contribution in [-0.2, 0) is 4.74 Å². The van der Waals surface area contributed by atoms with E-state index in [1.807, 2.05) is 12.1 Å². The third-order valence-electron chi connectivity index (χ3n) is 3.80. The first-order valence-corrected chi connectivity index (χ1v) is 7.20. The smallest absolute Gasteiger partial charge is 0.200 e. The van der Waals surface area contributed by atoms with E-state index in [1.165, 1.54) is 12.0 Å². The summed E-state index contributed by atoms with van der Waals surface area (Å²) in [5.41, 5.74) is 10.1. The lowest BCUT2D eigenvalue weighted by atomic mass is 10.1. The van der Waals surface area contributed by atoms with E-state index in [-0.39, 0.29) is 0 Å². The molecule has 1 aromatic carbocycles. The Morgan fingerprint density at radius 2 is 2.05 bits per heavy atom. The van der Waals surface area contributed by atoms with Crippen LogP contribution >= 0.6 is 0 Å². The van der Waals surface area contributed by atoms with Gasteiger partial charge in [0.15, 0.2) is 11.6 Å². The molecular formula is C15H16N6O. The van der Waals surface area contributed by atoms with Crippen LogP contribution in [0.4, 0.5) is 11.6 Å². The predicted octanol–water partition coefficient (Wildman–Crippen LogP) is 1.44. The Hall–Kier alpha value is -2.67. The van der Waals surface area contributed by atoms with Crippen molar-refractivity contribution in [1.29, 1.82) is 0 Å². The number of morpholine rings is 1. The summed E-state index contributed by atoms with van der Waals surface area (Å²) < 4.78 is 5.41. The molecule has 1 aliphatic rings. The Kier molecular flexibility index (Phi) is 3.12. The summed E-state index contributed by atoms with van der Waals surface area (Å²) in [7, 11) is 0. The third kappa shape index (κ3) is 2.25. The Bertz CT molecular complexity index is 809. The van der Waals surface area contributed by atoms with Crippen LogP contribution in [0.25, 0.3) is 22.4 Å². The van der Waals surface area contributed by atoms with Gasteiger partial charge in [0.25, 0.3) is 0 Å². The number of rotatable bonds is 2. The largest absolute Gasteiger partial charge is 0.378 e. The molecule has 2 aromatic heterocycles. The highest BCUT2D eigenvalue weighted by atomic mass is 16.5. The van der Waals surface area contributed by atoms with Crippen LogP contribution in [0.5, 0.6) is 0 Å². The van der Waals surface area contributed by atoms with Crippen LogP contribution < -0.4 is 10.6 Å². The maximum Gasteiger partial charge on any atom is 0.200 e. The summed E-state index contributed by atoms with van der Waals surface area (Å²) in [6.07, 6.45) is 1.51. The Morgan fingerprint density at radius 1 is 1.18 bits per heavy atom. The van der Waals surface area contributed by atoms with E-state index in [4.69, 9.17) is 10.5 Å². The number of nitrogen functional groups attached to an aromatic ring is 1. The molecule has 1 saturated heterocycles. The lowest BCUT2D eigenvalue weighted by Gasteiger charge is -2.29. The number of fused-ring (bicyclic) bond motifs is 1. The van der Waals surface area contributed by atoms with Crippen LogP contribution in [0.1, 0.15) is 0 Å². The van der Waals surface area contributed by atoms with E-state index < -0.39 is 0 Å². The van der Waals surface area contributed by atoms with Crippen LogP contribution in [0, 0.1) is 0 Å². The van der Waals surface area contributed by atoms with Crippen LogP contribution in [0.15, 0.2) is 30.6 Å². The van der Waals surface area contributed by atoms with Crippen molar-refractivity contribution < 1.29 is 4.74 Å². The van der Waals surface area contributed by atoms with Gasteiger partial charge >= 0.3 is 0 Å². The Balaban J connectivity index is 1.78. The van der Waals surface area contributed by atoms with Crippen LogP contribution in [0.3, 0.4) is 0 Å². The van der Waals surface area contributed by atoms with Gasteiger partial charge in [-0.15, -0.1) is 0 Å². The van der Waals surface area contributed by atoms with E-state index >= 15 is 0 Å². The van der Waals surface area contributed by atoms with Crippen molar-refractivity contribution in [2.75, 3.05) is 36.9 Å². The minimum atomic E-state index is 0.348. The fraction of sp³-hybridized carbons (Fsp3) is 0.267. The lowest BCUT2D eigenvalue weighted by Crippen LogP contribution is -2.36. The first-order valence-electron chi connectivity index (χ1n) is 7.20. The highest BCUT2D eigenvalue weighted by molar-refractivity contribution is 5.88. The molecule has 3 N–H and O–H groups in total. The van der Waals surface area contributed by atoms with E-state index in [1.54, 1.807) is 0 Å². The SMILES string of the molecule is Nc1nc2ncnc(-c3cccc(N4CCOCC4)c3)c2[nH]1. The standard InChI is InChI=1S/C15H16N6O/c16-15-19-13-12(17-9-18-14(13)20-15)10-2-1-3-11(8-10)21-4-6-22-7-5-21/h1-3,8-9H,4-7H2,(H3,16,17,18,19,20). The third-order valence-corrected chi connectivity index (χ3v) is 3.80. The van der Waals surface area contributed by atoms with Gasteiger partial charge in [-0.25, -0.2) is 9.97 Å². The van der Waals surface area contributed by atoms with Crippen molar-refractivity contribution in [2.24, 2.45) is 0 Å². The molecule has 0 unspecified atom stereocenters. The fourth-order valence-corrected chi connectivity index (χ4v) is 2.74. The van der Waals surface area contributed by atoms with Gasteiger partial charge < -0.3 is 20.4 Å².